The predicted molar refractivity (Wildman–Crippen MR) is 87.7 cm³/mol. The van der Waals surface area contributed by atoms with E-state index in [-0.39, 0.29) is 11.4 Å². The van der Waals surface area contributed by atoms with Crippen LogP contribution >= 0.6 is 0 Å². The second-order valence-electron chi connectivity index (χ2n) is 5.40. The molecule has 1 amide bonds. The van der Waals surface area contributed by atoms with Crippen molar-refractivity contribution >= 4 is 5.91 Å². The quantitative estimate of drug-likeness (QED) is 0.800. The number of rotatable bonds is 4. The third kappa shape index (κ3) is 3.43. The molecular formula is C18H15FN4O. The largest absolute Gasteiger partial charge is 0.365 e. The summed E-state index contributed by atoms with van der Waals surface area (Å²) in [5, 5.41) is 0. The minimum Gasteiger partial charge on any atom is -0.365 e. The zero-order valence-electron chi connectivity index (χ0n) is 13.0. The number of nitrogens with zero attached hydrogens (tertiary/aromatic N) is 3. The van der Waals surface area contributed by atoms with Crippen LogP contribution in [0.25, 0.3) is 11.4 Å². The molecule has 0 saturated heterocycles. The highest BCUT2D eigenvalue weighted by Gasteiger charge is 2.14. The summed E-state index contributed by atoms with van der Waals surface area (Å²) in [6.45, 7) is 1.73. The number of aromatic nitrogens is 3. The standard InChI is InChI=1S/C18H15FN4O/c1-11-21-10-15(18(20)24)17(23-11)16-6-5-13(9-22-16)7-12-3-2-4-14(19)8-12/h2-6,8-10H,7H2,1H3,(H2,20,24). The van der Waals surface area contributed by atoms with Crippen LogP contribution in [-0.4, -0.2) is 20.9 Å². The van der Waals surface area contributed by atoms with Gasteiger partial charge in [-0.25, -0.2) is 14.4 Å². The number of benzene rings is 1. The molecule has 0 saturated carbocycles. The molecule has 0 aliphatic rings. The van der Waals surface area contributed by atoms with Crippen molar-refractivity contribution in [3.8, 4) is 11.4 Å². The van der Waals surface area contributed by atoms with E-state index in [9.17, 15) is 9.18 Å². The fourth-order valence-electron chi connectivity index (χ4n) is 2.40. The molecule has 120 valence electrons. The average Bonchev–Trinajstić information content (AvgIpc) is 2.55. The summed E-state index contributed by atoms with van der Waals surface area (Å²) in [4.78, 5) is 24.1. The van der Waals surface area contributed by atoms with E-state index in [1.54, 1.807) is 25.3 Å². The number of pyridine rings is 1. The highest BCUT2D eigenvalue weighted by Crippen LogP contribution is 2.20. The van der Waals surface area contributed by atoms with Crippen molar-refractivity contribution in [2.24, 2.45) is 5.73 Å². The lowest BCUT2D eigenvalue weighted by atomic mass is 10.1. The molecule has 5 nitrogen and oxygen atoms in total. The SMILES string of the molecule is Cc1ncc(C(N)=O)c(-c2ccc(Cc3cccc(F)c3)cn2)n1. The molecule has 2 N–H and O–H groups in total. The van der Waals surface area contributed by atoms with Crippen molar-refractivity contribution < 1.29 is 9.18 Å². The van der Waals surface area contributed by atoms with Crippen molar-refractivity contribution in [2.45, 2.75) is 13.3 Å². The van der Waals surface area contributed by atoms with E-state index in [0.29, 0.717) is 23.6 Å². The van der Waals surface area contributed by atoms with Crippen molar-refractivity contribution in [2.75, 3.05) is 0 Å². The number of carbonyl (C=O) groups is 1. The molecular weight excluding hydrogens is 307 g/mol. The van der Waals surface area contributed by atoms with Gasteiger partial charge in [0, 0.05) is 12.4 Å². The Morgan fingerprint density at radius 1 is 1.12 bits per heavy atom. The average molecular weight is 322 g/mol. The van der Waals surface area contributed by atoms with Crippen LogP contribution < -0.4 is 5.73 Å². The summed E-state index contributed by atoms with van der Waals surface area (Å²) in [5.41, 5.74) is 8.33. The predicted octanol–water partition coefficient (Wildman–Crippen LogP) is 2.68. The molecule has 3 aromatic rings. The molecule has 0 atom stereocenters. The maximum Gasteiger partial charge on any atom is 0.252 e. The molecule has 2 heterocycles. The first kappa shape index (κ1) is 15.7. The first-order valence-corrected chi connectivity index (χ1v) is 7.36. The van der Waals surface area contributed by atoms with E-state index in [2.05, 4.69) is 15.0 Å². The Morgan fingerprint density at radius 3 is 2.62 bits per heavy atom. The fraction of sp³-hybridized carbons (Fsp3) is 0.111. The topological polar surface area (TPSA) is 81.8 Å². The number of nitrogens with two attached hydrogens (primary N) is 1. The number of hydrogen-bond donors (Lipinski definition) is 1. The highest BCUT2D eigenvalue weighted by molar-refractivity contribution is 5.98. The number of aryl methyl sites for hydroxylation is 1. The molecule has 3 rings (SSSR count). The zero-order chi connectivity index (χ0) is 17.1. The Labute approximate surface area is 138 Å². The van der Waals surface area contributed by atoms with Gasteiger partial charge in [-0.1, -0.05) is 18.2 Å². The molecule has 6 heteroatoms. The third-order valence-electron chi connectivity index (χ3n) is 3.54. The zero-order valence-corrected chi connectivity index (χ0v) is 13.0. The Hall–Kier alpha value is -3.15. The van der Waals surface area contributed by atoms with Crippen molar-refractivity contribution in [1.82, 2.24) is 15.0 Å². The second-order valence-corrected chi connectivity index (χ2v) is 5.40. The molecule has 0 spiro atoms. The molecule has 0 aliphatic carbocycles. The van der Waals surface area contributed by atoms with E-state index >= 15 is 0 Å². The Morgan fingerprint density at radius 2 is 1.96 bits per heavy atom. The van der Waals surface area contributed by atoms with Crippen LogP contribution in [0.4, 0.5) is 4.39 Å². The maximum atomic E-state index is 13.2. The number of halogens is 1. The van der Waals surface area contributed by atoms with Gasteiger partial charge in [0.05, 0.1) is 11.3 Å². The molecule has 0 aliphatic heterocycles. The van der Waals surface area contributed by atoms with E-state index in [1.807, 2.05) is 12.1 Å². The monoisotopic (exact) mass is 322 g/mol. The summed E-state index contributed by atoms with van der Waals surface area (Å²) in [7, 11) is 0. The number of primary amides is 1. The lowest BCUT2D eigenvalue weighted by molar-refractivity contribution is 0.1000. The van der Waals surface area contributed by atoms with E-state index in [4.69, 9.17) is 5.73 Å². The van der Waals surface area contributed by atoms with Crippen LogP contribution in [0.2, 0.25) is 0 Å². The summed E-state index contributed by atoms with van der Waals surface area (Å²) in [5.74, 6) is -0.337. The number of carbonyl (C=O) groups excluding carboxylic acids is 1. The Balaban J connectivity index is 1.90. The van der Waals surface area contributed by atoms with Gasteiger partial charge in [0.1, 0.15) is 17.3 Å². The van der Waals surface area contributed by atoms with Crippen molar-refractivity contribution in [1.29, 1.82) is 0 Å². The lowest BCUT2D eigenvalue weighted by Crippen LogP contribution is -2.14. The van der Waals surface area contributed by atoms with Crippen LogP contribution in [0.15, 0.2) is 48.8 Å². The summed E-state index contributed by atoms with van der Waals surface area (Å²) < 4.78 is 13.2. The van der Waals surface area contributed by atoms with Gasteiger partial charge in [0.15, 0.2) is 0 Å². The van der Waals surface area contributed by atoms with Gasteiger partial charge < -0.3 is 5.73 Å². The molecule has 24 heavy (non-hydrogen) atoms. The Bertz CT molecular complexity index is 894. The highest BCUT2D eigenvalue weighted by atomic mass is 19.1. The first-order valence-electron chi connectivity index (χ1n) is 7.36. The molecule has 0 radical (unpaired) electrons. The van der Waals surface area contributed by atoms with Gasteiger partial charge in [-0.05, 0) is 42.7 Å². The first-order chi connectivity index (χ1) is 11.5. The van der Waals surface area contributed by atoms with E-state index in [1.165, 1.54) is 18.3 Å². The smallest absolute Gasteiger partial charge is 0.252 e. The number of hydrogen-bond acceptors (Lipinski definition) is 4. The normalized spacial score (nSPS) is 10.6. The maximum absolute atomic E-state index is 13.2. The molecule has 0 bridgehead atoms. The van der Waals surface area contributed by atoms with Gasteiger partial charge >= 0.3 is 0 Å². The summed E-state index contributed by atoms with van der Waals surface area (Å²) >= 11 is 0. The van der Waals surface area contributed by atoms with Crippen LogP contribution in [0.5, 0.6) is 0 Å². The second kappa shape index (κ2) is 6.54. The molecule has 2 aromatic heterocycles. The number of amides is 1. The minimum atomic E-state index is -0.601. The van der Waals surface area contributed by atoms with Crippen LogP contribution in [-0.2, 0) is 6.42 Å². The van der Waals surface area contributed by atoms with Gasteiger partial charge in [0.25, 0.3) is 5.91 Å². The van der Waals surface area contributed by atoms with E-state index in [0.717, 1.165) is 11.1 Å². The lowest BCUT2D eigenvalue weighted by Gasteiger charge is -2.07. The molecule has 0 unspecified atom stereocenters. The fourth-order valence-corrected chi connectivity index (χ4v) is 2.40. The van der Waals surface area contributed by atoms with Gasteiger partial charge in [-0.3, -0.25) is 9.78 Å². The summed E-state index contributed by atoms with van der Waals surface area (Å²) in [6.07, 6.45) is 3.65. The van der Waals surface area contributed by atoms with Gasteiger partial charge in [-0.2, -0.15) is 0 Å². The van der Waals surface area contributed by atoms with Crippen LogP contribution in [0.1, 0.15) is 27.3 Å². The van der Waals surface area contributed by atoms with Crippen LogP contribution in [0.3, 0.4) is 0 Å². The van der Waals surface area contributed by atoms with Crippen molar-refractivity contribution in [3.05, 3.63) is 77.1 Å². The van der Waals surface area contributed by atoms with Gasteiger partial charge in [0.2, 0.25) is 0 Å². The Kier molecular flexibility index (Phi) is 4.29. The van der Waals surface area contributed by atoms with Crippen molar-refractivity contribution in [3.63, 3.8) is 0 Å². The molecule has 0 fully saturated rings. The van der Waals surface area contributed by atoms with Gasteiger partial charge in [-0.15, -0.1) is 0 Å². The minimum absolute atomic E-state index is 0.228. The van der Waals surface area contributed by atoms with Crippen LogP contribution in [0, 0.1) is 12.7 Å². The van der Waals surface area contributed by atoms with E-state index < -0.39 is 5.91 Å². The third-order valence-corrected chi connectivity index (χ3v) is 3.54. The summed E-state index contributed by atoms with van der Waals surface area (Å²) in [6, 6.07) is 10.1. The molecule has 1 aromatic carbocycles.